The van der Waals surface area contributed by atoms with Crippen molar-refractivity contribution in [3.05, 3.63) is 0 Å². The lowest BCUT2D eigenvalue weighted by molar-refractivity contribution is 0.140. The van der Waals surface area contributed by atoms with E-state index < -0.39 is 15.9 Å². The summed E-state index contributed by atoms with van der Waals surface area (Å²) in [6.45, 7) is 4.40. The fourth-order valence-corrected chi connectivity index (χ4v) is 16.6. The van der Waals surface area contributed by atoms with E-state index >= 15 is 0 Å². The van der Waals surface area contributed by atoms with Crippen molar-refractivity contribution in [3.8, 4) is 0 Å². The van der Waals surface area contributed by atoms with Crippen LogP contribution in [0.1, 0.15) is 26.7 Å². The van der Waals surface area contributed by atoms with Crippen molar-refractivity contribution >= 4 is 15.9 Å². The summed E-state index contributed by atoms with van der Waals surface area (Å²) in [6.07, 6.45) is 3.01. The Balaban J connectivity index is 5.31. The first kappa shape index (κ1) is 17.3. The molecule has 4 nitrogen and oxygen atoms in total. The van der Waals surface area contributed by atoms with Crippen LogP contribution < -0.4 is 0 Å². The maximum Gasteiger partial charge on any atom is 0.472 e. The van der Waals surface area contributed by atoms with E-state index in [-0.39, 0.29) is 0 Å². The van der Waals surface area contributed by atoms with E-state index in [1.807, 2.05) is 0 Å². The molecule has 0 aliphatic heterocycles. The van der Waals surface area contributed by atoms with Gasteiger partial charge in [0.2, 0.25) is 0 Å². The van der Waals surface area contributed by atoms with Gasteiger partial charge >= 0.3 is 8.32 Å². The summed E-state index contributed by atoms with van der Waals surface area (Å²) in [5.74, 6) is 0. The molecule has 17 heavy (non-hydrogen) atoms. The van der Waals surface area contributed by atoms with Crippen molar-refractivity contribution in [1.82, 2.24) is 0 Å². The maximum atomic E-state index is 5.74. The van der Waals surface area contributed by atoms with Gasteiger partial charge in [0, 0.05) is 34.7 Å². The molecule has 0 aliphatic carbocycles. The normalized spacial score (nSPS) is 13.1. The van der Waals surface area contributed by atoms with E-state index in [4.69, 9.17) is 18.0 Å². The van der Waals surface area contributed by atoms with Gasteiger partial charge in [-0.3, -0.25) is 0 Å². The summed E-state index contributed by atoms with van der Waals surface area (Å²) in [5.41, 5.74) is 0. The summed E-state index contributed by atoms with van der Waals surface area (Å²) < 4.78 is 22.7. The third-order valence-electron chi connectivity index (χ3n) is 3.33. The van der Waals surface area contributed by atoms with Gasteiger partial charge in [0.15, 0.2) is 7.59 Å². The number of methoxy groups -OCH3 is 1. The second kappa shape index (κ2) is 8.39. The predicted molar refractivity (Wildman–Crippen MR) is 74.6 cm³/mol. The van der Waals surface area contributed by atoms with Crippen molar-refractivity contribution in [2.24, 2.45) is 0 Å². The summed E-state index contributed by atoms with van der Waals surface area (Å²) >= 11 is 0. The quantitative estimate of drug-likeness (QED) is 0.576. The smallest absolute Gasteiger partial charge is 0.388 e. The van der Waals surface area contributed by atoms with Crippen LogP contribution in [0.2, 0.25) is 12.1 Å². The van der Waals surface area contributed by atoms with E-state index in [1.165, 1.54) is 0 Å². The Labute approximate surface area is 108 Å². The zero-order valence-electron chi connectivity index (χ0n) is 12.2. The van der Waals surface area contributed by atoms with Crippen LogP contribution in [-0.4, -0.2) is 50.6 Å². The third kappa shape index (κ3) is 3.62. The van der Waals surface area contributed by atoms with Crippen molar-refractivity contribution in [2.45, 2.75) is 38.8 Å². The van der Waals surface area contributed by atoms with Crippen LogP contribution >= 0.6 is 0 Å². The monoisotopic (exact) mass is 280 g/mol. The van der Waals surface area contributed by atoms with Crippen LogP contribution in [0, 0.1) is 0 Å². The summed E-state index contributed by atoms with van der Waals surface area (Å²) in [6, 6.07) is 2.27. The highest BCUT2D eigenvalue weighted by molar-refractivity contribution is 7.35. The van der Waals surface area contributed by atoms with Gasteiger partial charge in [0.25, 0.3) is 0 Å². The lowest BCUT2D eigenvalue weighted by atomic mass is 10.6. The molecule has 0 atom stereocenters. The van der Waals surface area contributed by atoms with E-state index in [9.17, 15) is 0 Å². The van der Waals surface area contributed by atoms with Gasteiger partial charge < -0.3 is 18.0 Å². The van der Waals surface area contributed by atoms with Crippen molar-refractivity contribution < 1.29 is 18.0 Å². The average molecular weight is 281 g/mol. The van der Waals surface area contributed by atoms with Gasteiger partial charge in [-0.15, -0.1) is 0 Å². The third-order valence-corrected chi connectivity index (χ3v) is 17.7. The van der Waals surface area contributed by atoms with Crippen LogP contribution in [0.15, 0.2) is 0 Å². The molecule has 0 heterocycles. The molecule has 0 N–H and O–H groups in total. The van der Waals surface area contributed by atoms with Crippen LogP contribution in [0.5, 0.6) is 0 Å². The van der Waals surface area contributed by atoms with Crippen LogP contribution in [0.25, 0.3) is 0 Å². The molecule has 0 spiro atoms. The number of rotatable bonds is 10. The van der Waals surface area contributed by atoms with E-state index in [0.29, 0.717) is 0 Å². The molecule has 0 fully saturated rings. The fourth-order valence-electron chi connectivity index (χ4n) is 2.80. The van der Waals surface area contributed by atoms with Gasteiger partial charge in [-0.2, -0.15) is 0 Å². The molecule has 0 saturated heterocycles. The number of hydrogen-bond acceptors (Lipinski definition) is 4. The predicted octanol–water partition coefficient (Wildman–Crippen LogP) is 2.40. The molecule has 0 radical (unpaired) electrons. The molecule has 0 amide bonds. The fraction of sp³-hybridized carbons (Fsp3) is 1.00. The summed E-state index contributed by atoms with van der Waals surface area (Å²) in [4.78, 5) is 0. The van der Waals surface area contributed by atoms with Gasteiger partial charge in [-0.05, 0) is 0 Å². The van der Waals surface area contributed by atoms with E-state index in [1.54, 1.807) is 28.4 Å². The highest BCUT2D eigenvalue weighted by Gasteiger charge is 2.60. The minimum absolute atomic E-state index is 0.760. The molecular formula is C11H28O4Si2. The molecule has 0 aliphatic rings. The Hall–Kier alpha value is 0.274. The van der Waals surface area contributed by atoms with Crippen molar-refractivity contribution in [2.75, 3.05) is 34.7 Å². The second-order valence-electron chi connectivity index (χ2n) is 4.38. The first-order valence-electron chi connectivity index (χ1n) is 6.26. The lowest BCUT2D eigenvalue weighted by Gasteiger charge is -2.41. The number of hydrogen-bond donors (Lipinski definition) is 0. The Morgan fingerprint density at radius 1 is 0.765 bits per heavy atom. The topological polar surface area (TPSA) is 36.9 Å². The molecule has 0 aromatic rings. The Morgan fingerprint density at radius 2 is 1.18 bits per heavy atom. The lowest BCUT2D eigenvalue weighted by Crippen LogP contribution is -2.70. The molecular weight excluding hydrogens is 252 g/mol. The maximum absolute atomic E-state index is 5.74. The van der Waals surface area contributed by atoms with Crippen LogP contribution in [-0.2, 0) is 18.0 Å². The first-order chi connectivity index (χ1) is 8.11. The Bertz CT molecular complexity index is 173. The molecule has 0 saturated carbocycles. The highest BCUT2D eigenvalue weighted by Crippen LogP contribution is 2.31. The molecule has 0 unspecified atom stereocenters. The Kier molecular flexibility index (Phi) is 8.52. The molecule has 6 heteroatoms. The largest absolute Gasteiger partial charge is 0.472 e. The van der Waals surface area contributed by atoms with Crippen molar-refractivity contribution in [3.63, 3.8) is 0 Å². The van der Waals surface area contributed by atoms with Crippen LogP contribution in [0.3, 0.4) is 0 Å². The molecule has 0 rings (SSSR count). The standard InChI is InChI=1S/C11H28O4Si2/c1-7-9-16(10-8-2,11-12-3)17(13-4,14-5)15-6/h7-11H2,1-6H3. The van der Waals surface area contributed by atoms with Gasteiger partial charge in [-0.1, -0.05) is 38.8 Å². The second-order valence-corrected chi connectivity index (χ2v) is 15.6. The van der Waals surface area contributed by atoms with Gasteiger partial charge in [0.05, 0.1) is 0 Å². The van der Waals surface area contributed by atoms with Crippen LogP contribution in [0.4, 0.5) is 0 Å². The molecule has 0 aromatic heterocycles. The minimum atomic E-state index is -2.55. The van der Waals surface area contributed by atoms with Gasteiger partial charge in [0.1, 0.15) is 0 Å². The molecule has 0 bridgehead atoms. The Morgan fingerprint density at radius 3 is 1.41 bits per heavy atom. The highest BCUT2D eigenvalue weighted by atomic mass is 29.3. The molecule has 0 aromatic carbocycles. The average Bonchev–Trinajstić information content (AvgIpc) is 2.33. The summed E-state index contributed by atoms with van der Waals surface area (Å²) in [5, 5.41) is 0. The SMILES string of the molecule is CCC[Si](CCC)(COC)[Si](OC)(OC)OC. The van der Waals surface area contributed by atoms with E-state index in [0.717, 1.165) is 31.2 Å². The first-order valence-corrected chi connectivity index (χ1v) is 11.6. The zero-order valence-corrected chi connectivity index (χ0v) is 14.2. The minimum Gasteiger partial charge on any atom is -0.388 e. The van der Waals surface area contributed by atoms with Gasteiger partial charge in [-0.25, -0.2) is 0 Å². The number of ether oxygens (including phenoxy) is 1. The van der Waals surface area contributed by atoms with Crippen molar-refractivity contribution in [1.29, 1.82) is 0 Å². The zero-order chi connectivity index (χ0) is 13.4. The molecule has 104 valence electrons. The van der Waals surface area contributed by atoms with E-state index in [2.05, 4.69) is 13.8 Å². The summed E-state index contributed by atoms with van der Waals surface area (Å²) in [7, 11) is 2.52.